The summed E-state index contributed by atoms with van der Waals surface area (Å²) in [7, 11) is 0. The number of amides is 1. The van der Waals surface area contributed by atoms with Gasteiger partial charge in [-0.1, -0.05) is 30.3 Å². The lowest BCUT2D eigenvalue weighted by Gasteiger charge is -2.38. The van der Waals surface area contributed by atoms with Gasteiger partial charge in [0.05, 0.1) is 6.10 Å². The number of hydrazine groups is 1. The summed E-state index contributed by atoms with van der Waals surface area (Å²) in [6.07, 6.45) is -4.67. The molecule has 1 N–H and O–H groups in total. The number of hydrogen-bond donors (Lipinski definition) is 1. The molecule has 0 saturated carbocycles. The van der Waals surface area contributed by atoms with Crippen molar-refractivity contribution in [3.8, 4) is 5.75 Å². The van der Waals surface area contributed by atoms with Crippen molar-refractivity contribution in [2.75, 3.05) is 0 Å². The van der Waals surface area contributed by atoms with Crippen molar-refractivity contribution in [2.24, 2.45) is 0 Å². The zero-order valence-electron chi connectivity index (χ0n) is 15.7. The lowest BCUT2D eigenvalue weighted by atomic mass is 9.93. The second-order valence-electron chi connectivity index (χ2n) is 7.70. The molecule has 1 saturated heterocycles. The third-order valence-corrected chi connectivity index (χ3v) is 4.63. The van der Waals surface area contributed by atoms with Gasteiger partial charge in [0.25, 0.3) is 0 Å². The van der Waals surface area contributed by atoms with Gasteiger partial charge in [0.15, 0.2) is 6.04 Å². The zero-order valence-corrected chi connectivity index (χ0v) is 15.7. The van der Waals surface area contributed by atoms with E-state index in [-0.39, 0.29) is 18.1 Å². The van der Waals surface area contributed by atoms with E-state index in [0.717, 1.165) is 5.01 Å². The average Bonchev–Trinajstić information content (AvgIpc) is 2.79. The summed E-state index contributed by atoms with van der Waals surface area (Å²) in [6.45, 7) is 6.98. The van der Waals surface area contributed by atoms with Gasteiger partial charge in [0, 0.05) is 17.3 Å². The van der Waals surface area contributed by atoms with Gasteiger partial charge < -0.3 is 4.74 Å². The van der Waals surface area contributed by atoms with E-state index in [4.69, 9.17) is 4.74 Å². The van der Waals surface area contributed by atoms with Crippen LogP contribution in [0, 0.1) is 0 Å². The molecular weight excluding hydrogens is 357 g/mol. The Hall–Kier alpha value is -2.28. The van der Waals surface area contributed by atoms with Crippen LogP contribution in [0.25, 0.3) is 10.8 Å². The van der Waals surface area contributed by atoms with Gasteiger partial charge in [-0.2, -0.15) is 18.2 Å². The Balaban J connectivity index is 2.19. The summed E-state index contributed by atoms with van der Waals surface area (Å²) in [5.41, 5.74) is 1.52. The van der Waals surface area contributed by atoms with Gasteiger partial charge in [0.2, 0.25) is 5.91 Å². The molecule has 1 heterocycles. The van der Waals surface area contributed by atoms with Crippen LogP contribution >= 0.6 is 0 Å². The number of alkyl halides is 3. The smallest absolute Gasteiger partial charge is 0.409 e. The van der Waals surface area contributed by atoms with Crippen LogP contribution in [0.3, 0.4) is 0 Å². The Kier molecular flexibility index (Phi) is 4.84. The van der Waals surface area contributed by atoms with Crippen molar-refractivity contribution in [1.82, 2.24) is 10.4 Å². The third kappa shape index (κ3) is 3.74. The highest BCUT2D eigenvalue weighted by Crippen LogP contribution is 2.45. The summed E-state index contributed by atoms with van der Waals surface area (Å²) >= 11 is 0. The van der Waals surface area contributed by atoms with E-state index in [1.54, 1.807) is 44.2 Å². The van der Waals surface area contributed by atoms with Gasteiger partial charge in [-0.25, -0.2) is 0 Å². The molecule has 1 amide bonds. The normalized spacial score (nSPS) is 18.7. The molecule has 0 bridgehead atoms. The fourth-order valence-electron chi connectivity index (χ4n) is 3.58. The predicted molar refractivity (Wildman–Crippen MR) is 97.2 cm³/mol. The standard InChI is InChI=1S/C20H23F3N2O2/c1-12(2)27-16-10-6-7-13-14(16)8-5-9-15(13)18(20(21,22)23)25-19(3,4)11-17(26)24-25/h5-10,12,18H,11H2,1-4H3,(H,24,26). The minimum atomic E-state index is -4.57. The maximum atomic E-state index is 14.1. The average molecular weight is 380 g/mol. The Morgan fingerprint density at radius 3 is 2.30 bits per heavy atom. The molecule has 1 aliphatic heterocycles. The molecule has 1 fully saturated rings. The number of hydrogen-bond acceptors (Lipinski definition) is 3. The van der Waals surface area contributed by atoms with Crippen LogP contribution in [0.1, 0.15) is 45.7 Å². The van der Waals surface area contributed by atoms with Crippen molar-refractivity contribution in [2.45, 2.75) is 58.0 Å². The Labute approximate surface area is 156 Å². The highest BCUT2D eigenvalue weighted by molar-refractivity contribution is 5.91. The molecule has 1 atom stereocenters. The fourth-order valence-corrected chi connectivity index (χ4v) is 3.58. The molecule has 0 radical (unpaired) electrons. The van der Waals surface area contributed by atoms with Crippen LogP contribution in [-0.2, 0) is 4.79 Å². The maximum absolute atomic E-state index is 14.1. The van der Waals surface area contributed by atoms with Gasteiger partial charge in [-0.3, -0.25) is 10.2 Å². The lowest BCUT2D eigenvalue weighted by Crippen LogP contribution is -2.51. The van der Waals surface area contributed by atoms with Crippen molar-refractivity contribution < 1.29 is 22.7 Å². The number of nitrogens with one attached hydrogen (secondary N) is 1. The predicted octanol–water partition coefficient (Wildman–Crippen LogP) is 4.75. The van der Waals surface area contributed by atoms with Crippen molar-refractivity contribution in [3.05, 3.63) is 42.0 Å². The van der Waals surface area contributed by atoms with Crippen LogP contribution in [0.5, 0.6) is 5.75 Å². The van der Waals surface area contributed by atoms with E-state index in [9.17, 15) is 18.0 Å². The highest BCUT2D eigenvalue weighted by atomic mass is 19.4. The van der Waals surface area contributed by atoms with E-state index in [2.05, 4.69) is 5.43 Å². The summed E-state index contributed by atoms with van der Waals surface area (Å²) in [4.78, 5) is 11.8. The molecule has 27 heavy (non-hydrogen) atoms. The molecule has 0 aromatic heterocycles. The molecule has 1 aliphatic rings. The minimum absolute atomic E-state index is 0.00601. The van der Waals surface area contributed by atoms with Gasteiger partial charge in [-0.15, -0.1) is 0 Å². The first-order valence-electron chi connectivity index (χ1n) is 8.84. The van der Waals surface area contributed by atoms with Gasteiger partial charge >= 0.3 is 6.18 Å². The summed E-state index contributed by atoms with van der Waals surface area (Å²) < 4.78 is 48.2. The summed E-state index contributed by atoms with van der Waals surface area (Å²) in [6, 6.07) is 7.92. The number of ether oxygens (including phenoxy) is 1. The first-order valence-corrected chi connectivity index (χ1v) is 8.84. The number of nitrogens with zero attached hydrogens (tertiary/aromatic N) is 1. The quantitative estimate of drug-likeness (QED) is 0.833. The molecular formula is C20H23F3N2O2. The molecule has 1 unspecified atom stereocenters. The summed E-state index contributed by atoms with van der Waals surface area (Å²) in [5, 5.41) is 2.09. The molecule has 2 aromatic carbocycles. The van der Waals surface area contributed by atoms with Crippen LogP contribution in [0.15, 0.2) is 36.4 Å². The van der Waals surface area contributed by atoms with E-state index >= 15 is 0 Å². The highest BCUT2D eigenvalue weighted by Gasteiger charge is 2.53. The SMILES string of the molecule is CC(C)Oc1cccc2c(C(N3NC(=O)CC3(C)C)C(F)(F)F)cccc12. The Morgan fingerprint density at radius 1 is 1.11 bits per heavy atom. The number of benzene rings is 2. The van der Waals surface area contributed by atoms with E-state index < -0.39 is 23.7 Å². The number of carbonyl (C=O) groups is 1. The van der Waals surface area contributed by atoms with Gasteiger partial charge in [0.1, 0.15) is 5.75 Å². The van der Waals surface area contributed by atoms with E-state index in [1.165, 1.54) is 6.07 Å². The van der Waals surface area contributed by atoms with Crippen molar-refractivity contribution in [3.63, 3.8) is 0 Å². The second-order valence-corrected chi connectivity index (χ2v) is 7.70. The lowest BCUT2D eigenvalue weighted by molar-refractivity contribution is -0.203. The van der Waals surface area contributed by atoms with E-state index in [0.29, 0.717) is 16.5 Å². The van der Waals surface area contributed by atoms with Crippen molar-refractivity contribution in [1.29, 1.82) is 0 Å². The summed E-state index contributed by atoms with van der Waals surface area (Å²) in [5.74, 6) is 0.119. The minimum Gasteiger partial charge on any atom is -0.490 e. The largest absolute Gasteiger partial charge is 0.490 e. The number of halogens is 3. The van der Waals surface area contributed by atoms with Gasteiger partial charge in [-0.05, 0) is 44.7 Å². The zero-order chi connectivity index (χ0) is 20.0. The molecule has 7 heteroatoms. The monoisotopic (exact) mass is 380 g/mol. The number of carbonyl (C=O) groups excluding carboxylic acids is 1. The maximum Gasteiger partial charge on any atom is 0.409 e. The Morgan fingerprint density at radius 2 is 1.74 bits per heavy atom. The fraction of sp³-hybridized carbons (Fsp3) is 0.450. The molecule has 0 spiro atoms. The molecule has 146 valence electrons. The molecule has 2 aromatic rings. The molecule has 0 aliphatic carbocycles. The van der Waals surface area contributed by atoms with Crippen molar-refractivity contribution >= 4 is 16.7 Å². The Bertz CT molecular complexity index is 862. The molecule has 4 nitrogen and oxygen atoms in total. The molecule has 3 rings (SSSR count). The second kappa shape index (κ2) is 6.71. The van der Waals surface area contributed by atoms with Crippen LogP contribution in [-0.4, -0.2) is 28.7 Å². The number of rotatable bonds is 4. The van der Waals surface area contributed by atoms with Crippen LogP contribution < -0.4 is 10.2 Å². The third-order valence-electron chi connectivity index (χ3n) is 4.63. The van der Waals surface area contributed by atoms with Crippen LogP contribution in [0.4, 0.5) is 13.2 Å². The first-order chi connectivity index (χ1) is 12.5. The number of fused-ring (bicyclic) bond motifs is 1. The topological polar surface area (TPSA) is 41.6 Å². The first kappa shape index (κ1) is 19.5. The van der Waals surface area contributed by atoms with Crippen LogP contribution in [0.2, 0.25) is 0 Å². The van der Waals surface area contributed by atoms with E-state index in [1.807, 2.05) is 13.8 Å².